The second-order valence-corrected chi connectivity index (χ2v) is 14.8. The average Bonchev–Trinajstić information content (AvgIpc) is 3.37. The van der Waals surface area contributed by atoms with Gasteiger partial charge in [0.2, 0.25) is 0 Å². The summed E-state index contributed by atoms with van der Waals surface area (Å²) in [4.78, 5) is 55.1. The number of imide groups is 1. The van der Waals surface area contributed by atoms with E-state index >= 15 is 0 Å². The quantitative estimate of drug-likeness (QED) is 0.218. The highest BCUT2D eigenvalue weighted by Crippen LogP contribution is 2.57. The van der Waals surface area contributed by atoms with Crippen molar-refractivity contribution in [2.45, 2.75) is 56.3 Å². The van der Waals surface area contributed by atoms with Crippen LogP contribution in [0.1, 0.15) is 27.2 Å². The highest BCUT2D eigenvalue weighted by atomic mass is 32.2. The standard InChI is InChI=1S/C25H31NO6SSi/c1-6-34(7-2,8-3)21-18(26-19(27)14-15-20(26)28)16-25(23(29)31-4,24(30)32-5)22(21)33-17-12-10-9-11-13-17/h9-15,18H,6-8,16H2,1-5H3. The lowest BCUT2D eigenvalue weighted by molar-refractivity contribution is -0.166. The Balaban J connectivity index is 2.41. The number of thioether (sulfide) groups is 1. The molecule has 0 spiro atoms. The molecule has 1 aliphatic carbocycles. The zero-order chi connectivity index (χ0) is 25.1. The minimum atomic E-state index is -2.33. The van der Waals surface area contributed by atoms with Crippen molar-refractivity contribution in [3.8, 4) is 0 Å². The summed E-state index contributed by atoms with van der Waals surface area (Å²) in [6.45, 7) is 6.32. The Bertz CT molecular complexity index is 1000. The average molecular weight is 502 g/mol. The van der Waals surface area contributed by atoms with Gasteiger partial charge in [-0.15, -0.1) is 0 Å². The summed E-state index contributed by atoms with van der Waals surface area (Å²) in [5.41, 5.74) is -1.76. The Hall–Kier alpha value is -2.65. The van der Waals surface area contributed by atoms with E-state index in [0.717, 1.165) is 28.2 Å². The summed E-state index contributed by atoms with van der Waals surface area (Å²) < 4.78 is 10.4. The molecule has 2 aliphatic rings. The molecule has 1 atom stereocenters. The molecule has 1 unspecified atom stereocenters. The molecular weight excluding hydrogens is 470 g/mol. The van der Waals surface area contributed by atoms with Crippen molar-refractivity contribution in [3.05, 3.63) is 52.6 Å². The second kappa shape index (κ2) is 10.3. The van der Waals surface area contributed by atoms with Crippen LogP contribution in [0, 0.1) is 5.41 Å². The van der Waals surface area contributed by atoms with Crippen molar-refractivity contribution in [3.63, 3.8) is 0 Å². The zero-order valence-electron chi connectivity index (χ0n) is 20.3. The molecule has 0 aromatic heterocycles. The van der Waals surface area contributed by atoms with Crippen LogP contribution in [-0.2, 0) is 28.7 Å². The Labute approximate surface area is 205 Å². The minimum Gasteiger partial charge on any atom is -0.468 e. The summed E-state index contributed by atoms with van der Waals surface area (Å²) in [7, 11) is 0.150. The third-order valence-electron chi connectivity index (χ3n) is 7.25. The van der Waals surface area contributed by atoms with Crippen LogP contribution >= 0.6 is 11.8 Å². The van der Waals surface area contributed by atoms with Gasteiger partial charge in [0.05, 0.1) is 28.3 Å². The Morgan fingerprint density at radius 2 is 1.47 bits per heavy atom. The van der Waals surface area contributed by atoms with E-state index in [1.807, 2.05) is 30.3 Å². The smallest absolute Gasteiger partial charge is 0.328 e. The SMILES string of the molecule is CC[Si](CC)(CC)C1=C(Sc2ccccc2)C(C(=O)OC)(C(=O)OC)CC1N1C(=O)C=CC1=O. The Morgan fingerprint density at radius 3 is 1.91 bits per heavy atom. The topological polar surface area (TPSA) is 90.0 Å². The largest absolute Gasteiger partial charge is 0.468 e. The Morgan fingerprint density at radius 1 is 0.971 bits per heavy atom. The van der Waals surface area contributed by atoms with Gasteiger partial charge in [-0.3, -0.25) is 24.1 Å². The number of esters is 2. The maximum absolute atomic E-state index is 13.4. The fourth-order valence-corrected chi connectivity index (χ4v) is 11.5. The van der Waals surface area contributed by atoms with Gasteiger partial charge in [-0.25, -0.2) is 0 Å². The molecule has 1 aromatic carbocycles. The lowest BCUT2D eigenvalue weighted by Crippen LogP contribution is -2.49. The molecule has 0 saturated heterocycles. The number of hydrogen-bond donors (Lipinski definition) is 0. The van der Waals surface area contributed by atoms with Crippen molar-refractivity contribution in [1.29, 1.82) is 0 Å². The van der Waals surface area contributed by atoms with E-state index in [1.165, 1.54) is 43.0 Å². The van der Waals surface area contributed by atoms with Gasteiger partial charge in [0, 0.05) is 28.4 Å². The molecule has 0 N–H and O–H groups in total. The maximum Gasteiger partial charge on any atom is 0.328 e. The lowest BCUT2D eigenvalue weighted by atomic mass is 9.86. The van der Waals surface area contributed by atoms with Gasteiger partial charge in [-0.05, 0) is 17.3 Å². The number of nitrogens with zero attached hydrogens (tertiary/aromatic N) is 1. The molecule has 0 fully saturated rings. The monoisotopic (exact) mass is 501 g/mol. The van der Waals surface area contributed by atoms with Crippen LogP contribution in [0.15, 0.2) is 57.5 Å². The summed E-state index contributed by atoms with van der Waals surface area (Å²) in [5, 5.41) is 0.898. The van der Waals surface area contributed by atoms with Crippen LogP contribution < -0.4 is 0 Å². The van der Waals surface area contributed by atoms with Crippen LogP contribution in [0.4, 0.5) is 0 Å². The number of ether oxygens (including phenoxy) is 2. The molecule has 9 heteroatoms. The first-order valence-corrected chi connectivity index (χ1v) is 14.9. The number of carbonyl (C=O) groups excluding carboxylic acids is 4. The highest BCUT2D eigenvalue weighted by Gasteiger charge is 2.63. The molecular formula is C25H31NO6SSi. The first-order chi connectivity index (χ1) is 16.3. The zero-order valence-corrected chi connectivity index (χ0v) is 22.1. The third kappa shape index (κ3) is 4.05. The van der Waals surface area contributed by atoms with Gasteiger partial charge in [-0.1, -0.05) is 68.9 Å². The second-order valence-electron chi connectivity index (χ2n) is 8.49. The van der Waals surface area contributed by atoms with Crippen LogP contribution in [0.25, 0.3) is 0 Å². The fourth-order valence-electron chi connectivity index (χ4n) is 5.25. The first-order valence-electron chi connectivity index (χ1n) is 11.5. The van der Waals surface area contributed by atoms with Crippen molar-refractivity contribution in [1.82, 2.24) is 4.90 Å². The molecule has 3 rings (SSSR count). The molecule has 7 nitrogen and oxygen atoms in total. The molecule has 182 valence electrons. The number of amides is 2. The predicted molar refractivity (Wildman–Crippen MR) is 132 cm³/mol. The molecule has 0 bridgehead atoms. The molecule has 0 saturated carbocycles. The molecule has 1 aromatic rings. The van der Waals surface area contributed by atoms with Crippen molar-refractivity contribution < 1.29 is 28.7 Å². The number of methoxy groups -OCH3 is 2. The summed E-state index contributed by atoms with van der Waals surface area (Å²) in [5.74, 6) is -2.35. The summed E-state index contributed by atoms with van der Waals surface area (Å²) in [6, 6.07) is 11.3. The van der Waals surface area contributed by atoms with Gasteiger partial charge in [-0.2, -0.15) is 0 Å². The fraction of sp³-hybridized carbons (Fsp3) is 0.440. The maximum atomic E-state index is 13.4. The van der Waals surface area contributed by atoms with Gasteiger partial charge >= 0.3 is 11.9 Å². The van der Waals surface area contributed by atoms with E-state index in [9.17, 15) is 19.2 Å². The van der Waals surface area contributed by atoms with Crippen molar-refractivity contribution in [2.75, 3.05) is 14.2 Å². The normalized spacial score (nSPS) is 19.7. The van der Waals surface area contributed by atoms with Crippen LogP contribution in [0.5, 0.6) is 0 Å². The Kier molecular flexibility index (Phi) is 7.87. The predicted octanol–water partition coefficient (Wildman–Crippen LogP) is 4.11. The molecule has 1 aliphatic heterocycles. The number of carbonyl (C=O) groups is 4. The van der Waals surface area contributed by atoms with Gasteiger partial charge in [0.1, 0.15) is 0 Å². The number of rotatable bonds is 9. The number of hydrogen-bond acceptors (Lipinski definition) is 7. The van der Waals surface area contributed by atoms with Gasteiger partial charge in [0.25, 0.3) is 11.8 Å². The molecule has 1 heterocycles. The molecule has 34 heavy (non-hydrogen) atoms. The van der Waals surface area contributed by atoms with Crippen LogP contribution in [0.2, 0.25) is 18.1 Å². The van der Waals surface area contributed by atoms with Gasteiger partial charge < -0.3 is 9.47 Å². The number of benzene rings is 1. The van der Waals surface area contributed by atoms with E-state index in [4.69, 9.17) is 9.47 Å². The van der Waals surface area contributed by atoms with E-state index < -0.39 is 43.3 Å². The minimum absolute atomic E-state index is 0.0786. The van der Waals surface area contributed by atoms with E-state index in [-0.39, 0.29) is 6.42 Å². The van der Waals surface area contributed by atoms with E-state index in [1.54, 1.807) is 0 Å². The summed E-state index contributed by atoms with van der Waals surface area (Å²) >= 11 is 1.33. The summed E-state index contributed by atoms with van der Waals surface area (Å²) in [6.07, 6.45) is 2.41. The molecule has 0 radical (unpaired) electrons. The van der Waals surface area contributed by atoms with E-state index in [2.05, 4.69) is 20.8 Å². The van der Waals surface area contributed by atoms with Gasteiger partial charge in [0.15, 0.2) is 5.41 Å². The lowest BCUT2D eigenvalue weighted by Gasteiger charge is -2.37. The first kappa shape index (κ1) is 26.0. The van der Waals surface area contributed by atoms with Crippen molar-refractivity contribution >= 4 is 43.6 Å². The van der Waals surface area contributed by atoms with Crippen molar-refractivity contribution in [2.24, 2.45) is 5.41 Å². The third-order valence-corrected chi connectivity index (χ3v) is 14.5. The van der Waals surface area contributed by atoms with Crippen LogP contribution in [0.3, 0.4) is 0 Å². The molecule has 2 amide bonds. The highest BCUT2D eigenvalue weighted by molar-refractivity contribution is 8.03. The van der Waals surface area contributed by atoms with E-state index in [0.29, 0.717) is 4.91 Å². The van der Waals surface area contributed by atoms with Crippen LogP contribution in [-0.4, -0.2) is 57.0 Å².